The second kappa shape index (κ2) is 11.8. The third-order valence-electron chi connectivity index (χ3n) is 7.03. The Hall–Kier alpha value is -5.11. The van der Waals surface area contributed by atoms with E-state index in [9.17, 15) is 28.0 Å². The van der Waals surface area contributed by atoms with E-state index in [1.54, 1.807) is 18.2 Å². The van der Waals surface area contributed by atoms with E-state index in [1.807, 2.05) is 36.4 Å². The van der Waals surface area contributed by atoms with Crippen LogP contribution < -0.4 is 15.4 Å². The average molecular weight is 574 g/mol. The Labute approximate surface area is 239 Å². The number of nitrogens with zero attached hydrogens (tertiary/aromatic N) is 3. The van der Waals surface area contributed by atoms with Crippen LogP contribution in [0.2, 0.25) is 0 Å². The number of ether oxygens (including phenoxy) is 1. The molecule has 0 spiro atoms. The summed E-state index contributed by atoms with van der Waals surface area (Å²) in [7, 11) is 1.44. The summed E-state index contributed by atoms with van der Waals surface area (Å²) in [5.74, 6) is -0.770. The molecular weight excluding hydrogens is 547 g/mol. The molecule has 4 aromatic rings. The molecule has 11 heteroatoms. The number of hydrogen-bond donors (Lipinski definition) is 2. The highest BCUT2D eigenvalue weighted by molar-refractivity contribution is 5.95. The SMILES string of the molecule is CNC(=O)c1nn(-c2ccc(C(=O)NCc3cc(C#N)ccc3OCc3ccccc3)cc2C(F)(F)F)c2c1CCC2. The van der Waals surface area contributed by atoms with Crippen molar-refractivity contribution in [3.63, 3.8) is 0 Å². The van der Waals surface area contributed by atoms with Gasteiger partial charge in [-0.05, 0) is 61.2 Å². The largest absolute Gasteiger partial charge is 0.489 e. The van der Waals surface area contributed by atoms with E-state index >= 15 is 0 Å². The molecule has 0 radical (unpaired) electrons. The lowest BCUT2D eigenvalue weighted by Crippen LogP contribution is -2.24. The highest BCUT2D eigenvalue weighted by atomic mass is 19.4. The molecule has 1 heterocycles. The molecule has 1 aromatic heterocycles. The molecule has 42 heavy (non-hydrogen) atoms. The molecule has 0 saturated heterocycles. The Bertz CT molecular complexity index is 1690. The zero-order valence-electron chi connectivity index (χ0n) is 22.6. The van der Waals surface area contributed by atoms with Gasteiger partial charge < -0.3 is 15.4 Å². The van der Waals surface area contributed by atoms with Gasteiger partial charge in [-0.1, -0.05) is 30.3 Å². The fraction of sp³-hybridized carbons (Fsp3) is 0.226. The molecular formula is C31H26F3N5O3. The van der Waals surface area contributed by atoms with Crippen LogP contribution in [0.4, 0.5) is 13.2 Å². The highest BCUT2D eigenvalue weighted by Gasteiger charge is 2.37. The molecule has 0 saturated carbocycles. The first-order valence-corrected chi connectivity index (χ1v) is 13.2. The van der Waals surface area contributed by atoms with Crippen LogP contribution in [0.3, 0.4) is 0 Å². The Morgan fingerprint density at radius 3 is 2.55 bits per heavy atom. The number of fused-ring (bicyclic) bond motifs is 1. The Morgan fingerprint density at radius 2 is 1.83 bits per heavy atom. The minimum atomic E-state index is -4.80. The minimum Gasteiger partial charge on any atom is -0.489 e. The van der Waals surface area contributed by atoms with Gasteiger partial charge in [0.05, 0.1) is 22.9 Å². The molecule has 0 unspecified atom stereocenters. The predicted molar refractivity (Wildman–Crippen MR) is 147 cm³/mol. The van der Waals surface area contributed by atoms with Crippen molar-refractivity contribution in [2.24, 2.45) is 0 Å². The van der Waals surface area contributed by atoms with Gasteiger partial charge in [-0.25, -0.2) is 4.68 Å². The van der Waals surface area contributed by atoms with Crippen molar-refractivity contribution in [3.8, 4) is 17.5 Å². The minimum absolute atomic E-state index is 0.0796. The molecule has 214 valence electrons. The van der Waals surface area contributed by atoms with Crippen LogP contribution in [0.15, 0.2) is 66.7 Å². The van der Waals surface area contributed by atoms with Gasteiger partial charge in [0.15, 0.2) is 5.69 Å². The van der Waals surface area contributed by atoms with Gasteiger partial charge in [-0.2, -0.15) is 23.5 Å². The lowest BCUT2D eigenvalue weighted by molar-refractivity contribution is -0.137. The van der Waals surface area contributed by atoms with Crippen LogP contribution in [0.1, 0.15) is 60.8 Å². The fourth-order valence-electron chi connectivity index (χ4n) is 4.97. The van der Waals surface area contributed by atoms with Crippen LogP contribution >= 0.6 is 0 Å². The van der Waals surface area contributed by atoms with Crippen LogP contribution in [0, 0.1) is 11.3 Å². The second-order valence-corrected chi connectivity index (χ2v) is 9.74. The number of aromatic nitrogens is 2. The van der Waals surface area contributed by atoms with E-state index in [4.69, 9.17) is 4.74 Å². The van der Waals surface area contributed by atoms with E-state index in [1.165, 1.54) is 23.9 Å². The summed E-state index contributed by atoms with van der Waals surface area (Å²) in [5, 5.41) is 18.7. The number of amides is 2. The van der Waals surface area contributed by atoms with E-state index in [2.05, 4.69) is 15.7 Å². The number of rotatable bonds is 8. The van der Waals surface area contributed by atoms with Crippen molar-refractivity contribution in [1.82, 2.24) is 20.4 Å². The molecule has 3 aromatic carbocycles. The van der Waals surface area contributed by atoms with Gasteiger partial charge in [0.1, 0.15) is 12.4 Å². The van der Waals surface area contributed by atoms with Crippen LogP contribution in [0.5, 0.6) is 5.75 Å². The third-order valence-corrected chi connectivity index (χ3v) is 7.03. The first kappa shape index (κ1) is 28.4. The zero-order valence-corrected chi connectivity index (χ0v) is 22.6. The maximum atomic E-state index is 14.3. The summed E-state index contributed by atoms with van der Waals surface area (Å²) in [6, 6.07) is 19.5. The second-order valence-electron chi connectivity index (χ2n) is 9.74. The van der Waals surface area contributed by atoms with Crippen molar-refractivity contribution in [2.45, 2.75) is 38.6 Å². The van der Waals surface area contributed by atoms with Crippen LogP contribution in [-0.4, -0.2) is 28.6 Å². The third kappa shape index (κ3) is 5.83. The van der Waals surface area contributed by atoms with Gasteiger partial charge in [0.25, 0.3) is 11.8 Å². The molecule has 2 amide bonds. The van der Waals surface area contributed by atoms with E-state index < -0.39 is 23.6 Å². The van der Waals surface area contributed by atoms with Gasteiger partial charge in [0, 0.05) is 36.0 Å². The lowest BCUT2D eigenvalue weighted by Gasteiger charge is -2.16. The number of alkyl halides is 3. The molecule has 0 fully saturated rings. The molecule has 8 nitrogen and oxygen atoms in total. The number of halogens is 3. The molecule has 0 atom stereocenters. The Morgan fingerprint density at radius 1 is 1.05 bits per heavy atom. The molecule has 0 bridgehead atoms. The zero-order chi connectivity index (χ0) is 29.9. The Kier molecular flexibility index (Phi) is 7.97. The van der Waals surface area contributed by atoms with Crippen molar-refractivity contribution in [3.05, 3.63) is 111 Å². The maximum absolute atomic E-state index is 14.3. The monoisotopic (exact) mass is 573 g/mol. The molecule has 0 aliphatic heterocycles. The smallest absolute Gasteiger partial charge is 0.418 e. The maximum Gasteiger partial charge on any atom is 0.418 e. The molecule has 5 rings (SSSR count). The summed E-state index contributed by atoms with van der Waals surface area (Å²) in [4.78, 5) is 25.4. The number of benzene rings is 3. The van der Waals surface area contributed by atoms with Crippen LogP contribution in [-0.2, 0) is 32.2 Å². The number of nitriles is 1. The first-order chi connectivity index (χ1) is 20.2. The van der Waals surface area contributed by atoms with Crippen molar-refractivity contribution < 1.29 is 27.5 Å². The van der Waals surface area contributed by atoms with Crippen LogP contribution in [0.25, 0.3) is 5.69 Å². The number of nitrogens with one attached hydrogen (secondary N) is 2. The van der Waals surface area contributed by atoms with E-state index in [0.717, 1.165) is 11.6 Å². The summed E-state index contributed by atoms with van der Waals surface area (Å²) < 4.78 is 49.9. The fourth-order valence-corrected chi connectivity index (χ4v) is 4.97. The van der Waals surface area contributed by atoms with E-state index in [0.29, 0.717) is 47.4 Å². The molecule has 1 aliphatic carbocycles. The van der Waals surface area contributed by atoms with Gasteiger partial charge in [-0.15, -0.1) is 0 Å². The number of carbonyl (C=O) groups excluding carboxylic acids is 2. The van der Waals surface area contributed by atoms with E-state index in [-0.39, 0.29) is 30.1 Å². The Balaban J connectivity index is 1.40. The summed E-state index contributed by atoms with van der Waals surface area (Å²) in [6.07, 6.45) is -3.07. The van der Waals surface area contributed by atoms with Gasteiger partial charge in [-0.3, -0.25) is 9.59 Å². The van der Waals surface area contributed by atoms with Gasteiger partial charge in [0.2, 0.25) is 0 Å². The van der Waals surface area contributed by atoms with Crippen molar-refractivity contribution in [1.29, 1.82) is 5.26 Å². The predicted octanol–water partition coefficient (Wildman–Crippen LogP) is 5.12. The quantitative estimate of drug-likeness (QED) is 0.304. The topological polar surface area (TPSA) is 109 Å². The molecule has 1 aliphatic rings. The number of carbonyl (C=O) groups is 2. The van der Waals surface area contributed by atoms with Crippen molar-refractivity contribution >= 4 is 11.8 Å². The summed E-state index contributed by atoms with van der Waals surface area (Å²) >= 11 is 0. The lowest BCUT2D eigenvalue weighted by atomic mass is 10.1. The van der Waals surface area contributed by atoms with Crippen molar-refractivity contribution in [2.75, 3.05) is 7.05 Å². The highest BCUT2D eigenvalue weighted by Crippen LogP contribution is 2.37. The normalized spacial score (nSPS) is 12.4. The average Bonchev–Trinajstić information content (AvgIpc) is 3.62. The van der Waals surface area contributed by atoms with Gasteiger partial charge >= 0.3 is 6.18 Å². The standard InChI is InChI=1S/C31H26F3N5O3/c1-36-30(41)28-23-8-5-9-25(23)39(38-28)26-12-11-21(15-24(26)31(32,33)34)29(40)37-17-22-14-20(16-35)10-13-27(22)42-18-19-6-3-2-4-7-19/h2-4,6-7,10-15H,5,8-9,17-18H2,1H3,(H,36,41)(H,37,40). The summed E-state index contributed by atoms with van der Waals surface area (Å²) in [6.45, 7) is 0.173. The molecule has 2 N–H and O–H groups in total. The first-order valence-electron chi connectivity index (χ1n) is 13.2. The number of hydrogen-bond acceptors (Lipinski definition) is 5. The summed E-state index contributed by atoms with van der Waals surface area (Å²) in [5.41, 5.74) is 1.54.